The average Bonchev–Trinajstić information content (AvgIpc) is 3.13. The maximum Gasteiger partial charge on any atom is 0.281 e. The third-order valence-electron chi connectivity index (χ3n) is 4.89. The van der Waals surface area contributed by atoms with Crippen LogP contribution in [0.5, 0.6) is 5.75 Å². The van der Waals surface area contributed by atoms with Crippen molar-refractivity contribution in [2.45, 2.75) is 13.0 Å². The predicted molar refractivity (Wildman–Crippen MR) is 95.7 cm³/mol. The molecule has 3 heterocycles. The maximum atomic E-state index is 14.5. The van der Waals surface area contributed by atoms with E-state index in [1.54, 1.807) is 16.7 Å². The largest absolute Gasteiger partial charge is 0.489 e. The van der Waals surface area contributed by atoms with Gasteiger partial charge in [0, 0.05) is 22.6 Å². The Balaban J connectivity index is 1.95. The molecule has 1 aliphatic heterocycles. The Bertz CT molecular complexity index is 1310. The summed E-state index contributed by atoms with van der Waals surface area (Å²) in [5, 5.41) is 0.615. The molecule has 0 bridgehead atoms. The fraction of sp³-hybridized carbons (Fsp3) is 0.158. The van der Waals surface area contributed by atoms with Crippen molar-refractivity contribution in [3.63, 3.8) is 0 Å². The SMILES string of the molecule is C[C@H]1COc2c(-c3cc(F)c(N)cc3F)ccc3c4ocnc4c(=O)n1c23. The van der Waals surface area contributed by atoms with Crippen molar-refractivity contribution in [2.75, 3.05) is 12.3 Å². The minimum Gasteiger partial charge on any atom is -0.489 e. The van der Waals surface area contributed by atoms with Crippen LogP contribution in [0.25, 0.3) is 33.1 Å². The van der Waals surface area contributed by atoms with E-state index in [1.807, 2.05) is 6.92 Å². The minimum absolute atomic E-state index is 0.00446. The van der Waals surface area contributed by atoms with Crippen molar-refractivity contribution in [3.8, 4) is 16.9 Å². The molecule has 0 aliphatic carbocycles. The van der Waals surface area contributed by atoms with Gasteiger partial charge in [-0.15, -0.1) is 0 Å². The second-order valence-electron chi connectivity index (χ2n) is 6.56. The van der Waals surface area contributed by atoms with Gasteiger partial charge in [0.15, 0.2) is 23.2 Å². The third-order valence-corrected chi connectivity index (χ3v) is 4.89. The molecule has 8 heteroatoms. The molecule has 0 radical (unpaired) electrons. The van der Waals surface area contributed by atoms with E-state index >= 15 is 0 Å². The normalized spacial score (nSPS) is 16.0. The second kappa shape index (κ2) is 5.29. The number of fused-ring (bicyclic) bond motifs is 2. The summed E-state index contributed by atoms with van der Waals surface area (Å²) in [7, 11) is 0. The highest BCUT2D eigenvalue weighted by Gasteiger charge is 2.28. The molecule has 6 nitrogen and oxygen atoms in total. The Morgan fingerprint density at radius 1 is 1.22 bits per heavy atom. The monoisotopic (exact) mass is 369 g/mol. The number of hydrogen-bond donors (Lipinski definition) is 1. The fourth-order valence-electron chi connectivity index (χ4n) is 3.62. The van der Waals surface area contributed by atoms with Crippen LogP contribution in [-0.2, 0) is 0 Å². The third kappa shape index (κ3) is 2.03. The molecule has 0 fully saturated rings. The van der Waals surface area contributed by atoms with Gasteiger partial charge < -0.3 is 14.9 Å². The lowest BCUT2D eigenvalue weighted by molar-refractivity contribution is 0.246. The van der Waals surface area contributed by atoms with Gasteiger partial charge in [-0.25, -0.2) is 13.8 Å². The van der Waals surface area contributed by atoms with Crippen LogP contribution in [0.15, 0.2) is 39.9 Å². The van der Waals surface area contributed by atoms with Crippen LogP contribution in [0.1, 0.15) is 13.0 Å². The zero-order valence-corrected chi connectivity index (χ0v) is 14.1. The summed E-state index contributed by atoms with van der Waals surface area (Å²) >= 11 is 0. The lowest BCUT2D eigenvalue weighted by atomic mass is 9.99. The number of rotatable bonds is 1. The molecule has 0 unspecified atom stereocenters. The molecule has 136 valence electrons. The van der Waals surface area contributed by atoms with Crippen molar-refractivity contribution in [3.05, 3.63) is 52.6 Å². The highest BCUT2D eigenvalue weighted by Crippen LogP contribution is 2.43. The number of aromatic nitrogens is 2. The number of pyridine rings is 1. The van der Waals surface area contributed by atoms with Gasteiger partial charge >= 0.3 is 0 Å². The first-order chi connectivity index (χ1) is 13.0. The van der Waals surface area contributed by atoms with Crippen LogP contribution >= 0.6 is 0 Å². The predicted octanol–water partition coefficient (Wildman–Crippen LogP) is 3.62. The van der Waals surface area contributed by atoms with Gasteiger partial charge in [-0.2, -0.15) is 0 Å². The Hall–Kier alpha value is -3.42. The van der Waals surface area contributed by atoms with Crippen molar-refractivity contribution >= 4 is 27.7 Å². The first kappa shape index (κ1) is 15.8. The van der Waals surface area contributed by atoms with E-state index in [4.69, 9.17) is 14.9 Å². The van der Waals surface area contributed by atoms with Crippen LogP contribution in [0.2, 0.25) is 0 Å². The number of ether oxygens (including phenoxy) is 1. The first-order valence-corrected chi connectivity index (χ1v) is 8.29. The summed E-state index contributed by atoms with van der Waals surface area (Å²) in [4.78, 5) is 16.9. The summed E-state index contributed by atoms with van der Waals surface area (Å²) in [6.07, 6.45) is 1.21. The molecule has 0 amide bonds. The summed E-state index contributed by atoms with van der Waals surface area (Å²) in [6.45, 7) is 2.05. The Kier molecular flexibility index (Phi) is 3.10. The van der Waals surface area contributed by atoms with Gasteiger partial charge in [0.25, 0.3) is 5.56 Å². The number of nitrogens with two attached hydrogens (primary N) is 1. The molecular formula is C19H13F2N3O3. The van der Waals surface area contributed by atoms with Crippen molar-refractivity contribution in [1.29, 1.82) is 0 Å². The van der Waals surface area contributed by atoms with Gasteiger partial charge in [0.05, 0.1) is 17.2 Å². The van der Waals surface area contributed by atoms with Crippen LogP contribution in [0.4, 0.5) is 14.5 Å². The van der Waals surface area contributed by atoms with E-state index in [9.17, 15) is 13.6 Å². The number of oxazole rings is 1. The fourth-order valence-corrected chi connectivity index (χ4v) is 3.62. The van der Waals surface area contributed by atoms with Crippen LogP contribution in [0, 0.1) is 11.6 Å². The topological polar surface area (TPSA) is 83.3 Å². The van der Waals surface area contributed by atoms with E-state index in [0.29, 0.717) is 27.8 Å². The van der Waals surface area contributed by atoms with E-state index in [0.717, 1.165) is 12.1 Å². The summed E-state index contributed by atoms with van der Waals surface area (Å²) < 4.78 is 41.3. The van der Waals surface area contributed by atoms with Crippen LogP contribution in [0.3, 0.4) is 0 Å². The highest BCUT2D eigenvalue weighted by molar-refractivity contribution is 6.06. The molecule has 2 N–H and O–H groups in total. The van der Waals surface area contributed by atoms with Crippen molar-refractivity contribution in [2.24, 2.45) is 0 Å². The molecule has 0 saturated heterocycles. The zero-order chi connectivity index (χ0) is 18.9. The Morgan fingerprint density at radius 2 is 2.04 bits per heavy atom. The lowest BCUT2D eigenvalue weighted by Crippen LogP contribution is -2.31. The molecule has 2 aromatic heterocycles. The van der Waals surface area contributed by atoms with Gasteiger partial charge in [-0.1, -0.05) is 0 Å². The first-order valence-electron chi connectivity index (χ1n) is 8.29. The van der Waals surface area contributed by atoms with Crippen LogP contribution < -0.4 is 16.0 Å². The number of hydrogen-bond acceptors (Lipinski definition) is 5. The zero-order valence-electron chi connectivity index (χ0n) is 14.1. The van der Waals surface area contributed by atoms with Crippen LogP contribution in [-0.4, -0.2) is 16.2 Å². The summed E-state index contributed by atoms with van der Waals surface area (Å²) in [6, 6.07) is 5.00. The molecule has 0 saturated carbocycles. The maximum absolute atomic E-state index is 14.5. The van der Waals surface area contributed by atoms with Crippen molar-refractivity contribution in [1.82, 2.24) is 9.55 Å². The molecule has 2 aromatic carbocycles. The Morgan fingerprint density at radius 3 is 2.85 bits per heavy atom. The Labute approximate surface area is 150 Å². The van der Waals surface area contributed by atoms with E-state index in [1.165, 1.54) is 6.39 Å². The van der Waals surface area contributed by atoms with Gasteiger partial charge in [-0.3, -0.25) is 9.36 Å². The molecule has 27 heavy (non-hydrogen) atoms. The lowest BCUT2D eigenvalue weighted by Gasteiger charge is -2.27. The van der Waals surface area contributed by atoms with Gasteiger partial charge in [0.1, 0.15) is 18.2 Å². The number of nitrogen functional groups attached to an aromatic ring is 1. The smallest absolute Gasteiger partial charge is 0.281 e. The van der Waals surface area contributed by atoms with Gasteiger partial charge in [0.2, 0.25) is 0 Å². The minimum atomic E-state index is -0.731. The molecule has 5 rings (SSSR count). The molecule has 4 aromatic rings. The highest BCUT2D eigenvalue weighted by atomic mass is 19.1. The van der Waals surface area contributed by atoms with Gasteiger partial charge in [-0.05, 0) is 25.1 Å². The van der Waals surface area contributed by atoms with E-state index in [-0.39, 0.29) is 35.0 Å². The summed E-state index contributed by atoms with van der Waals surface area (Å²) in [5.74, 6) is -1.11. The number of anilines is 1. The number of nitrogens with zero attached hydrogens (tertiary/aromatic N) is 2. The summed E-state index contributed by atoms with van der Waals surface area (Å²) in [5.41, 5.74) is 6.21. The number of halogens is 2. The van der Waals surface area contributed by atoms with E-state index < -0.39 is 11.6 Å². The molecule has 1 atom stereocenters. The quantitative estimate of drug-likeness (QED) is 0.518. The molecule has 1 aliphatic rings. The molecule has 0 spiro atoms. The molecular weight excluding hydrogens is 356 g/mol. The van der Waals surface area contributed by atoms with Crippen molar-refractivity contribution < 1.29 is 17.9 Å². The number of benzene rings is 2. The van der Waals surface area contributed by atoms with E-state index in [2.05, 4.69) is 4.98 Å². The average molecular weight is 369 g/mol. The standard InChI is InChI=1S/C19H13F2N3O3/c1-8-6-26-18-9(11-4-13(21)14(22)5-12(11)20)2-3-10-16(18)24(8)19(25)15-17(10)27-7-23-15/h2-5,7-8H,6,22H2,1H3/t8-/m0/s1. The second-order valence-corrected chi connectivity index (χ2v) is 6.56.